The summed E-state index contributed by atoms with van der Waals surface area (Å²) in [4.78, 5) is 22.8. The molecule has 3 heterocycles. The molecule has 0 saturated carbocycles. The first-order valence-electron chi connectivity index (χ1n) is 9.91. The molecule has 0 atom stereocenters. The van der Waals surface area contributed by atoms with Gasteiger partial charge in [-0.1, -0.05) is 6.07 Å². The Morgan fingerprint density at radius 1 is 1.38 bits per heavy atom. The molecule has 0 aliphatic carbocycles. The highest BCUT2D eigenvalue weighted by Crippen LogP contribution is 2.12. The highest BCUT2D eigenvalue weighted by molar-refractivity contribution is 14.0. The maximum Gasteiger partial charge on any atom is 0.409 e. The largest absolute Gasteiger partial charge is 0.453 e. The van der Waals surface area contributed by atoms with E-state index in [0.717, 1.165) is 43.1 Å². The number of aliphatic imine (C=N–C) groups is 1. The third-order valence-electron chi connectivity index (χ3n) is 4.98. The number of amides is 1. The molecular weight excluding hydrogens is 483 g/mol. The number of aryl methyl sites for hydroxylation is 1. The molecule has 2 aromatic heterocycles. The molecule has 0 unspecified atom stereocenters. The average molecular weight is 514 g/mol. The highest BCUT2D eigenvalue weighted by Gasteiger charge is 2.23. The lowest BCUT2D eigenvalue weighted by molar-refractivity contribution is 0.111. The van der Waals surface area contributed by atoms with Crippen molar-refractivity contribution in [3.63, 3.8) is 0 Å². The van der Waals surface area contributed by atoms with Crippen molar-refractivity contribution < 1.29 is 9.53 Å². The van der Waals surface area contributed by atoms with Crippen molar-refractivity contribution in [2.75, 3.05) is 33.3 Å². The first-order chi connectivity index (χ1) is 13.6. The molecule has 2 aromatic rings. The molecule has 0 aromatic carbocycles. The minimum Gasteiger partial charge on any atom is -0.453 e. The van der Waals surface area contributed by atoms with E-state index in [9.17, 15) is 4.79 Å². The Kier molecular flexibility index (Phi) is 8.99. The molecule has 8 nitrogen and oxygen atoms in total. The van der Waals surface area contributed by atoms with Crippen LogP contribution in [0.1, 0.15) is 31.0 Å². The van der Waals surface area contributed by atoms with Crippen molar-refractivity contribution in [1.29, 1.82) is 0 Å². The van der Waals surface area contributed by atoms with Crippen LogP contribution >= 0.6 is 24.0 Å². The number of halogens is 1. The topological polar surface area (TPSA) is 83.3 Å². The Labute approximate surface area is 189 Å². The number of fused-ring (bicyclic) bond motifs is 1. The molecule has 2 N–H and O–H groups in total. The molecular formula is C20H31IN6O2. The summed E-state index contributed by atoms with van der Waals surface area (Å²) in [7, 11) is 1.42. The van der Waals surface area contributed by atoms with Gasteiger partial charge in [0, 0.05) is 51.0 Å². The number of ether oxygens (including phenoxy) is 1. The normalized spacial score (nSPS) is 15.1. The number of piperidine rings is 1. The van der Waals surface area contributed by atoms with Crippen LogP contribution < -0.4 is 10.6 Å². The van der Waals surface area contributed by atoms with Crippen LogP contribution in [0.25, 0.3) is 5.65 Å². The smallest absolute Gasteiger partial charge is 0.409 e. The number of guanidine groups is 1. The van der Waals surface area contributed by atoms with Gasteiger partial charge in [-0.05, 0) is 38.3 Å². The summed E-state index contributed by atoms with van der Waals surface area (Å²) >= 11 is 0. The third-order valence-corrected chi connectivity index (χ3v) is 4.98. The van der Waals surface area contributed by atoms with Crippen LogP contribution in [0, 0.1) is 6.92 Å². The lowest BCUT2D eigenvalue weighted by Gasteiger charge is -2.32. The summed E-state index contributed by atoms with van der Waals surface area (Å²) in [6, 6.07) is 4.41. The summed E-state index contributed by atoms with van der Waals surface area (Å²) in [6.45, 7) is 7.00. The minimum atomic E-state index is -0.248. The Balaban J connectivity index is 0.00000300. The standard InChI is InChI=1S/C20H30N6O2.HI/c1-4-21-19(24-16-8-12-25(13-9-16)20(27)28-3)22-10-7-17-14-26-11-5-6-15(2)18(26)23-17;/h5-6,11,14,16H,4,7-10,12-13H2,1-3H3,(H2,21,22,24);1H. The Morgan fingerprint density at radius 3 is 2.79 bits per heavy atom. The molecule has 3 rings (SSSR count). The maximum atomic E-state index is 11.6. The Morgan fingerprint density at radius 2 is 2.14 bits per heavy atom. The minimum absolute atomic E-state index is 0. The molecule has 0 radical (unpaired) electrons. The Bertz CT molecular complexity index is 829. The molecule has 160 valence electrons. The highest BCUT2D eigenvalue weighted by atomic mass is 127. The predicted octanol–water partition coefficient (Wildman–Crippen LogP) is 2.59. The van der Waals surface area contributed by atoms with E-state index in [0.29, 0.717) is 25.7 Å². The van der Waals surface area contributed by atoms with Crippen LogP contribution in [0.2, 0.25) is 0 Å². The van der Waals surface area contributed by atoms with E-state index in [4.69, 9.17) is 14.7 Å². The number of hydrogen-bond donors (Lipinski definition) is 2. The molecule has 0 spiro atoms. The van der Waals surface area contributed by atoms with Crippen molar-refractivity contribution in [3.8, 4) is 0 Å². The number of pyridine rings is 1. The van der Waals surface area contributed by atoms with Gasteiger partial charge < -0.3 is 24.7 Å². The van der Waals surface area contributed by atoms with Crippen LogP contribution in [-0.2, 0) is 11.2 Å². The van der Waals surface area contributed by atoms with Crippen molar-refractivity contribution in [2.45, 2.75) is 39.2 Å². The van der Waals surface area contributed by atoms with Gasteiger partial charge in [-0.3, -0.25) is 4.99 Å². The number of nitrogens with one attached hydrogen (secondary N) is 2. The number of likely N-dealkylation sites (tertiary alicyclic amines) is 1. The van der Waals surface area contributed by atoms with Crippen LogP contribution in [0.5, 0.6) is 0 Å². The predicted molar refractivity (Wildman–Crippen MR) is 125 cm³/mol. The summed E-state index contributed by atoms with van der Waals surface area (Å²) in [5, 5.41) is 6.80. The molecule has 1 aliphatic rings. The molecule has 1 amide bonds. The lowest BCUT2D eigenvalue weighted by Crippen LogP contribution is -2.49. The number of rotatable bonds is 5. The zero-order valence-electron chi connectivity index (χ0n) is 17.4. The SMILES string of the molecule is CCNC(=NCCc1cn2cccc(C)c2n1)NC1CCN(C(=O)OC)CC1.I. The quantitative estimate of drug-likeness (QED) is 0.364. The zero-order valence-corrected chi connectivity index (χ0v) is 19.7. The summed E-state index contributed by atoms with van der Waals surface area (Å²) in [5.74, 6) is 0.818. The van der Waals surface area contributed by atoms with Crippen LogP contribution in [0.4, 0.5) is 4.79 Å². The van der Waals surface area contributed by atoms with E-state index in [1.807, 2.05) is 12.3 Å². The van der Waals surface area contributed by atoms with Crippen molar-refractivity contribution in [2.24, 2.45) is 4.99 Å². The molecule has 0 bridgehead atoms. The number of aromatic nitrogens is 2. The number of nitrogens with zero attached hydrogens (tertiary/aromatic N) is 4. The Hall–Kier alpha value is -2.04. The van der Waals surface area contributed by atoms with Crippen molar-refractivity contribution in [3.05, 3.63) is 35.8 Å². The van der Waals surface area contributed by atoms with E-state index >= 15 is 0 Å². The number of imidazole rings is 1. The van der Waals surface area contributed by atoms with Gasteiger partial charge in [-0.2, -0.15) is 0 Å². The fourth-order valence-electron chi connectivity index (χ4n) is 3.46. The van der Waals surface area contributed by atoms with Gasteiger partial charge in [0.25, 0.3) is 0 Å². The van der Waals surface area contributed by atoms with Crippen LogP contribution in [-0.4, -0.2) is 65.7 Å². The number of carbonyl (C=O) groups excluding carboxylic acids is 1. The van der Waals surface area contributed by atoms with Gasteiger partial charge in [0.15, 0.2) is 5.96 Å². The zero-order chi connectivity index (χ0) is 19.9. The van der Waals surface area contributed by atoms with E-state index in [2.05, 4.69) is 41.1 Å². The number of hydrogen-bond acceptors (Lipinski definition) is 4. The average Bonchev–Trinajstić information content (AvgIpc) is 3.12. The molecule has 9 heteroatoms. The van der Waals surface area contributed by atoms with Gasteiger partial charge in [-0.15, -0.1) is 24.0 Å². The second kappa shape index (κ2) is 11.2. The molecule has 1 fully saturated rings. The molecule has 1 aliphatic heterocycles. The van der Waals surface area contributed by atoms with Gasteiger partial charge in [0.1, 0.15) is 5.65 Å². The van der Waals surface area contributed by atoms with Crippen LogP contribution in [0.15, 0.2) is 29.5 Å². The van der Waals surface area contributed by atoms with Crippen LogP contribution in [0.3, 0.4) is 0 Å². The summed E-state index contributed by atoms with van der Waals surface area (Å²) in [6.07, 6.45) is 6.39. The van der Waals surface area contributed by atoms with Gasteiger partial charge in [0.2, 0.25) is 0 Å². The van der Waals surface area contributed by atoms with Gasteiger partial charge in [-0.25, -0.2) is 9.78 Å². The van der Waals surface area contributed by atoms with Gasteiger partial charge in [0.05, 0.1) is 12.8 Å². The second-order valence-corrected chi connectivity index (χ2v) is 7.04. The molecule has 29 heavy (non-hydrogen) atoms. The van der Waals surface area contributed by atoms with E-state index in [1.54, 1.807) is 4.90 Å². The van der Waals surface area contributed by atoms with Gasteiger partial charge >= 0.3 is 6.09 Å². The van der Waals surface area contributed by atoms with Crippen molar-refractivity contribution in [1.82, 2.24) is 24.9 Å². The fourth-order valence-corrected chi connectivity index (χ4v) is 3.46. The maximum absolute atomic E-state index is 11.6. The number of methoxy groups -OCH3 is 1. The second-order valence-electron chi connectivity index (χ2n) is 7.04. The lowest BCUT2D eigenvalue weighted by atomic mass is 10.1. The monoisotopic (exact) mass is 514 g/mol. The first-order valence-corrected chi connectivity index (χ1v) is 9.91. The summed E-state index contributed by atoms with van der Waals surface area (Å²) < 4.78 is 6.85. The first kappa shape index (κ1) is 23.2. The third kappa shape index (κ3) is 6.22. The number of carbonyl (C=O) groups is 1. The van der Waals surface area contributed by atoms with E-state index in [-0.39, 0.29) is 30.1 Å². The van der Waals surface area contributed by atoms with Crippen molar-refractivity contribution >= 4 is 41.7 Å². The fraction of sp³-hybridized carbons (Fsp3) is 0.550. The van der Waals surface area contributed by atoms with E-state index < -0.39 is 0 Å². The summed E-state index contributed by atoms with van der Waals surface area (Å²) in [5.41, 5.74) is 3.22. The van der Waals surface area contributed by atoms with E-state index in [1.165, 1.54) is 12.7 Å². The molecule has 1 saturated heterocycles.